The summed E-state index contributed by atoms with van der Waals surface area (Å²) in [5, 5.41) is 4.69. The summed E-state index contributed by atoms with van der Waals surface area (Å²) in [5.41, 5.74) is 3.86. The van der Waals surface area contributed by atoms with Gasteiger partial charge in [0.1, 0.15) is 30.3 Å². The summed E-state index contributed by atoms with van der Waals surface area (Å²) in [6, 6.07) is 16.1. The van der Waals surface area contributed by atoms with Gasteiger partial charge < -0.3 is 14.4 Å². The quantitative estimate of drug-likeness (QED) is 0.238. The molecule has 1 saturated heterocycles. The number of carbonyl (C=O) groups is 1. The molecule has 1 saturated carbocycles. The maximum atomic E-state index is 13.6. The van der Waals surface area contributed by atoms with E-state index in [0.29, 0.717) is 49.4 Å². The number of piperazine rings is 1. The molecule has 4 heterocycles. The molecule has 7 rings (SSSR count). The highest BCUT2D eigenvalue weighted by Crippen LogP contribution is 2.49. The molecule has 1 amide bonds. The van der Waals surface area contributed by atoms with Crippen molar-refractivity contribution in [3.05, 3.63) is 103 Å². The van der Waals surface area contributed by atoms with Crippen LogP contribution in [0.2, 0.25) is 0 Å². The molecule has 3 aromatic heterocycles. The zero-order valence-corrected chi connectivity index (χ0v) is 24.1. The average Bonchev–Trinajstić information content (AvgIpc) is 3.41. The summed E-state index contributed by atoms with van der Waals surface area (Å²) in [6.07, 6.45) is 9.56. The number of halogens is 2. The average molecular weight is 595 g/mol. The standard InChI is InChI=1S/C33H32F2N8O/c34-26-5-1-23(2-6-26)29-18-31(24-3-7-27(35)8-4-24)43(39-29)20-33(44)42-15-13-41(14-16-42)32-19-30(37-21-38-32)28-17-25(28)9-11-40-12-10-36-22-40/h1-8,10,12,18-19,21-22,25,28H,9,11,13-17,20H2. The Labute approximate surface area is 253 Å². The Hall–Kier alpha value is -4.93. The summed E-state index contributed by atoms with van der Waals surface area (Å²) in [4.78, 5) is 30.8. The predicted molar refractivity (Wildman–Crippen MR) is 162 cm³/mol. The zero-order chi connectivity index (χ0) is 30.0. The van der Waals surface area contributed by atoms with Gasteiger partial charge in [-0.2, -0.15) is 5.10 Å². The summed E-state index contributed by atoms with van der Waals surface area (Å²) < 4.78 is 30.9. The van der Waals surface area contributed by atoms with Crippen molar-refractivity contribution < 1.29 is 13.6 Å². The van der Waals surface area contributed by atoms with Crippen LogP contribution < -0.4 is 4.90 Å². The van der Waals surface area contributed by atoms with Crippen LogP contribution in [0.3, 0.4) is 0 Å². The first-order valence-corrected chi connectivity index (χ1v) is 14.9. The third-order valence-electron chi connectivity index (χ3n) is 8.59. The molecule has 0 radical (unpaired) electrons. The molecule has 1 aliphatic heterocycles. The molecule has 5 aromatic rings. The normalized spacial score (nSPS) is 18.0. The SMILES string of the molecule is O=C(Cn1nc(-c2ccc(F)cc2)cc1-c1ccc(F)cc1)N1CCN(c2cc(C3CC3CCn3ccnc3)ncn2)CC1. The highest BCUT2D eigenvalue weighted by Gasteiger charge is 2.39. The fourth-order valence-corrected chi connectivity index (χ4v) is 5.97. The van der Waals surface area contributed by atoms with Crippen LogP contribution in [0.25, 0.3) is 22.5 Å². The lowest BCUT2D eigenvalue weighted by atomic mass is 10.1. The van der Waals surface area contributed by atoms with Crippen molar-refractivity contribution in [2.24, 2.45) is 5.92 Å². The van der Waals surface area contributed by atoms with E-state index in [9.17, 15) is 13.6 Å². The first-order valence-electron chi connectivity index (χ1n) is 14.9. The lowest BCUT2D eigenvalue weighted by Crippen LogP contribution is -2.50. The van der Waals surface area contributed by atoms with Gasteiger partial charge in [0.15, 0.2) is 0 Å². The number of anilines is 1. The molecular weight excluding hydrogens is 562 g/mol. The maximum absolute atomic E-state index is 13.6. The highest BCUT2D eigenvalue weighted by molar-refractivity contribution is 5.78. The molecular formula is C33H32F2N8O. The van der Waals surface area contributed by atoms with E-state index in [2.05, 4.69) is 30.5 Å². The number of aromatic nitrogens is 6. The second-order valence-corrected chi connectivity index (χ2v) is 11.4. The van der Waals surface area contributed by atoms with Crippen molar-refractivity contribution in [3.8, 4) is 22.5 Å². The van der Waals surface area contributed by atoms with Crippen molar-refractivity contribution in [2.75, 3.05) is 31.1 Å². The summed E-state index contributed by atoms with van der Waals surface area (Å²) >= 11 is 0. The molecule has 0 bridgehead atoms. The van der Waals surface area contributed by atoms with Gasteiger partial charge in [-0.1, -0.05) is 0 Å². The molecule has 0 N–H and O–H groups in total. The van der Waals surface area contributed by atoms with Gasteiger partial charge in [0, 0.05) is 73.9 Å². The molecule has 224 valence electrons. The van der Waals surface area contributed by atoms with E-state index < -0.39 is 0 Å². The molecule has 44 heavy (non-hydrogen) atoms. The van der Waals surface area contributed by atoms with E-state index in [1.54, 1.807) is 35.3 Å². The number of hydrogen-bond donors (Lipinski definition) is 0. The minimum absolute atomic E-state index is 0.0354. The Morgan fingerprint density at radius 2 is 1.61 bits per heavy atom. The van der Waals surface area contributed by atoms with E-state index in [1.807, 2.05) is 29.7 Å². The summed E-state index contributed by atoms with van der Waals surface area (Å²) in [5.74, 6) is 1.26. The van der Waals surface area contributed by atoms with E-state index in [1.165, 1.54) is 24.3 Å². The lowest BCUT2D eigenvalue weighted by Gasteiger charge is -2.35. The molecule has 2 aromatic carbocycles. The van der Waals surface area contributed by atoms with Crippen molar-refractivity contribution >= 4 is 11.7 Å². The number of amides is 1. The monoisotopic (exact) mass is 594 g/mol. The van der Waals surface area contributed by atoms with Crippen molar-refractivity contribution in [3.63, 3.8) is 0 Å². The van der Waals surface area contributed by atoms with E-state index in [-0.39, 0.29) is 24.1 Å². The van der Waals surface area contributed by atoms with Gasteiger partial charge >= 0.3 is 0 Å². The zero-order valence-electron chi connectivity index (χ0n) is 24.1. The van der Waals surface area contributed by atoms with Gasteiger partial charge in [-0.3, -0.25) is 9.48 Å². The fourth-order valence-electron chi connectivity index (χ4n) is 5.97. The molecule has 2 unspecified atom stereocenters. The van der Waals surface area contributed by atoms with Gasteiger partial charge in [0.05, 0.1) is 17.7 Å². The van der Waals surface area contributed by atoms with Gasteiger partial charge in [-0.15, -0.1) is 0 Å². The van der Waals surface area contributed by atoms with Crippen LogP contribution in [0.5, 0.6) is 0 Å². The third-order valence-corrected chi connectivity index (χ3v) is 8.59. The predicted octanol–water partition coefficient (Wildman–Crippen LogP) is 5.02. The smallest absolute Gasteiger partial charge is 0.244 e. The number of nitrogens with zero attached hydrogens (tertiary/aromatic N) is 8. The number of benzene rings is 2. The van der Waals surface area contributed by atoms with Crippen LogP contribution in [0.15, 0.2) is 85.7 Å². The van der Waals surface area contributed by atoms with Crippen LogP contribution in [-0.4, -0.2) is 66.3 Å². The second kappa shape index (κ2) is 12.0. The Balaban J connectivity index is 0.995. The van der Waals surface area contributed by atoms with Crippen LogP contribution in [0.4, 0.5) is 14.6 Å². The van der Waals surface area contributed by atoms with Gasteiger partial charge in [0.2, 0.25) is 5.91 Å². The number of rotatable bonds is 9. The van der Waals surface area contributed by atoms with Crippen LogP contribution in [-0.2, 0) is 17.9 Å². The van der Waals surface area contributed by atoms with E-state index in [0.717, 1.165) is 42.0 Å². The minimum atomic E-state index is -0.342. The number of aryl methyl sites for hydroxylation is 1. The molecule has 2 atom stereocenters. The largest absolute Gasteiger partial charge is 0.353 e. The van der Waals surface area contributed by atoms with Crippen LogP contribution in [0.1, 0.15) is 24.5 Å². The Morgan fingerprint density at radius 3 is 2.32 bits per heavy atom. The third kappa shape index (κ3) is 6.08. The van der Waals surface area contributed by atoms with Gasteiger partial charge in [-0.05, 0) is 73.4 Å². The Kier molecular flexibility index (Phi) is 7.59. The highest BCUT2D eigenvalue weighted by atomic mass is 19.1. The molecule has 2 aliphatic rings. The first-order chi connectivity index (χ1) is 21.5. The molecule has 0 spiro atoms. The molecule has 9 nitrogen and oxygen atoms in total. The molecule has 11 heteroatoms. The second-order valence-electron chi connectivity index (χ2n) is 11.4. The topological polar surface area (TPSA) is 85.0 Å². The number of hydrogen-bond acceptors (Lipinski definition) is 6. The molecule has 2 fully saturated rings. The number of carbonyl (C=O) groups excluding carboxylic acids is 1. The van der Waals surface area contributed by atoms with Gasteiger partial charge in [-0.25, -0.2) is 23.7 Å². The van der Waals surface area contributed by atoms with E-state index in [4.69, 9.17) is 5.10 Å². The lowest BCUT2D eigenvalue weighted by molar-refractivity contribution is -0.132. The molecule has 1 aliphatic carbocycles. The fraction of sp³-hybridized carbons (Fsp3) is 0.303. The van der Waals surface area contributed by atoms with Crippen LogP contribution in [0, 0.1) is 17.6 Å². The van der Waals surface area contributed by atoms with E-state index >= 15 is 0 Å². The first kappa shape index (κ1) is 27.9. The Morgan fingerprint density at radius 1 is 0.886 bits per heavy atom. The Bertz CT molecular complexity index is 1730. The van der Waals surface area contributed by atoms with Crippen molar-refractivity contribution in [1.29, 1.82) is 0 Å². The van der Waals surface area contributed by atoms with Crippen molar-refractivity contribution in [2.45, 2.75) is 31.8 Å². The van der Waals surface area contributed by atoms with Crippen LogP contribution >= 0.6 is 0 Å². The summed E-state index contributed by atoms with van der Waals surface area (Å²) in [6.45, 7) is 3.46. The minimum Gasteiger partial charge on any atom is -0.353 e. The summed E-state index contributed by atoms with van der Waals surface area (Å²) in [7, 11) is 0. The van der Waals surface area contributed by atoms with Gasteiger partial charge in [0.25, 0.3) is 0 Å². The maximum Gasteiger partial charge on any atom is 0.244 e. The number of imidazole rings is 1. The van der Waals surface area contributed by atoms with Crippen molar-refractivity contribution in [1.82, 2.24) is 34.2 Å².